The molecule has 0 unspecified atom stereocenters. The first kappa shape index (κ1) is 22.3. The van der Waals surface area contributed by atoms with Crippen molar-refractivity contribution in [3.63, 3.8) is 0 Å². The molecule has 5 aromatic carbocycles. The average molecular weight is 568 g/mol. The highest BCUT2D eigenvalue weighted by Gasteiger charge is 2.17. The van der Waals surface area contributed by atoms with Crippen molar-refractivity contribution < 1.29 is 0 Å². The molecular weight excluding hydrogens is 546 g/mol. The molecule has 0 radical (unpaired) electrons. The minimum atomic E-state index is 0.873. The number of aromatic amines is 2. The SMILES string of the molecule is Cn1cc(-c2nc3c4ccccc4c4ccc(N=Cc5c[nH]c6ccc(Br)cc56)cc4c3[nH]2)c2ccccc21. The zero-order valence-corrected chi connectivity index (χ0v) is 22.6. The number of para-hydroxylation sites is 1. The summed E-state index contributed by atoms with van der Waals surface area (Å²) in [6.45, 7) is 0. The summed E-state index contributed by atoms with van der Waals surface area (Å²) in [7, 11) is 2.08. The fourth-order valence-electron chi connectivity index (χ4n) is 5.77. The Balaban J connectivity index is 1.34. The molecular formula is C33H22BrN5. The molecule has 3 heterocycles. The van der Waals surface area contributed by atoms with Gasteiger partial charge in [0, 0.05) is 73.8 Å². The van der Waals surface area contributed by atoms with Gasteiger partial charge in [0.05, 0.1) is 16.7 Å². The Kier molecular flexibility index (Phi) is 4.81. The number of nitrogens with one attached hydrogen (secondary N) is 2. The highest BCUT2D eigenvalue weighted by molar-refractivity contribution is 9.10. The van der Waals surface area contributed by atoms with Crippen LogP contribution in [0.15, 0.2) is 107 Å². The number of benzene rings is 5. The zero-order valence-electron chi connectivity index (χ0n) is 21.0. The number of rotatable bonds is 3. The number of fused-ring (bicyclic) bond motifs is 8. The predicted molar refractivity (Wildman–Crippen MR) is 166 cm³/mol. The van der Waals surface area contributed by atoms with Gasteiger partial charge in [0.25, 0.3) is 0 Å². The molecule has 0 bridgehead atoms. The standard InChI is InChI=1S/C33H22BrN5/c1-39-18-28(24-7-4-5-9-30(24)39)33-37-31-25-8-3-2-6-22(25)23-12-11-21(15-27(23)32(31)38-33)35-16-19-17-36-29-13-10-20(34)14-26(19)29/h2-18,36H,1H3,(H,37,38). The first-order chi connectivity index (χ1) is 19.1. The molecule has 0 spiro atoms. The number of halogens is 1. The maximum atomic E-state index is 5.17. The van der Waals surface area contributed by atoms with Crippen molar-refractivity contribution in [3.8, 4) is 11.4 Å². The van der Waals surface area contributed by atoms with Crippen LogP contribution in [0.1, 0.15) is 5.56 Å². The molecule has 8 aromatic rings. The number of aryl methyl sites for hydroxylation is 1. The first-order valence-electron chi connectivity index (χ1n) is 12.8. The van der Waals surface area contributed by atoms with Gasteiger partial charge in [-0.15, -0.1) is 0 Å². The number of hydrogen-bond donors (Lipinski definition) is 2. The van der Waals surface area contributed by atoms with Crippen LogP contribution in [0.2, 0.25) is 0 Å². The van der Waals surface area contributed by atoms with Crippen LogP contribution in [-0.2, 0) is 7.05 Å². The molecule has 5 nitrogen and oxygen atoms in total. The van der Waals surface area contributed by atoms with E-state index in [0.29, 0.717) is 0 Å². The van der Waals surface area contributed by atoms with E-state index in [4.69, 9.17) is 9.98 Å². The second-order valence-corrected chi connectivity index (χ2v) is 10.9. The van der Waals surface area contributed by atoms with Gasteiger partial charge in [0.15, 0.2) is 0 Å². The third-order valence-electron chi connectivity index (χ3n) is 7.63. The first-order valence-corrected chi connectivity index (χ1v) is 13.6. The lowest BCUT2D eigenvalue weighted by Crippen LogP contribution is -1.83. The van der Waals surface area contributed by atoms with Crippen molar-refractivity contribution >= 4 is 82.2 Å². The van der Waals surface area contributed by atoms with Crippen LogP contribution in [0.5, 0.6) is 0 Å². The van der Waals surface area contributed by atoms with E-state index in [1.165, 1.54) is 21.7 Å². The van der Waals surface area contributed by atoms with Crippen LogP contribution in [0.4, 0.5) is 5.69 Å². The van der Waals surface area contributed by atoms with Crippen LogP contribution in [-0.4, -0.2) is 25.7 Å². The Morgan fingerprint density at radius 1 is 0.821 bits per heavy atom. The molecule has 2 N–H and O–H groups in total. The molecule has 6 heteroatoms. The van der Waals surface area contributed by atoms with Crippen molar-refractivity contribution in [2.45, 2.75) is 0 Å². The molecule has 8 rings (SSSR count). The van der Waals surface area contributed by atoms with Gasteiger partial charge < -0.3 is 14.5 Å². The van der Waals surface area contributed by atoms with Crippen LogP contribution in [0, 0.1) is 0 Å². The lowest BCUT2D eigenvalue weighted by atomic mass is 9.99. The fraction of sp³-hybridized carbons (Fsp3) is 0.0303. The molecule has 0 fully saturated rings. The normalized spacial score (nSPS) is 12.3. The number of aromatic nitrogens is 4. The Hall–Kier alpha value is -4.68. The third-order valence-corrected chi connectivity index (χ3v) is 8.12. The summed E-state index contributed by atoms with van der Waals surface area (Å²) in [5.74, 6) is 0.873. The number of nitrogens with zero attached hydrogens (tertiary/aromatic N) is 3. The van der Waals surface area contributed by atoms with Crippen LogP contribution >= 0.6 is 15.9 Å². The number of H-pyrrole nitrogens is 2. The summed E-state index contributed by atoms with van der Waals surface area (Å²) in [5, 5.41) is 6.94. The molecule has 0 aliphatic rings. The Morgan fingerprint density at radius 2 is 1.62 bits per heavy atom. The smallest absolute Gasteiger partial charge is 0.140 e. The maximum absolute atomic E-state index is 5.17. The Morgan fingerprint density at radius 3 is 2.51 bits per heavy atom. The molecule has 3 aromatic heterocycles. The molecule has 0 saturated heterocycles. The molecule has 0 aliphatic heterocycles. The molecule has 0 amide bonds. The summed E-state index contributed by atoms with van der Waals surface area (Å²) >= 11 is 3.58. The van der Waals surface area contributed by atoms with Gasteiger partial charge in [-0.1, -0.05) is 64.5 Å². The van der Waals surface area contributed by atoms with Gasteiger partial charge >= 0.3 is 0 Å². The molecule has 0 aliphatic carbocycles. The largest absolute Gasteiger partial charge is 0.361 e. The van der Waals surface area contributed by atoms with Gasteiger partial charge in [-0.05, 0) is 47.2 Å². The van der Waals surface area contributed by atoms with E-state index < -0.39 is 0 Å². The van der Waals surface area contributed by atoms with E-state index in [-0.39, 0.29) is 0 Å². The summed E-state index contributed by atoms with van der Waals surface area (Å²) < 4.78 is 3.20. The van der Waals surface area contributed by atoms with Gasteiger partial charge in [0.1, 0.15) is 5.82 Å². The minimum absolute atomic E-state index is 0.873. The molecule has 0 saturated carbocycles. The van der Waals surface area contributed by atoms with Crippen molar-refractivity contribution in [2.75, 3.05) is 0 Å². The quantitative estimate of drug-likeness (QED) is 0.162. The van der Waals surface area contributed by atoms with E-state index >= 15 is 0 Å². The van der Waals surface area contributed by atoms with Crippen LogP contribution in [0.3, 0.4) is 0 Å². The van der Waals surface area contributed by atoms with E-state index in [0.717, 1.165) is 59.8 Å². The average Bonchev–Trinajstić information content (AvgIpc) is 3.68. The Bertz CT molecular complexity index is 2260. The maximum Gasteiger partial charge on any atom is 0.140 e. The topological polar surface area (TPSA) is 61.8 Å². The lowest BCUT2D eigenvalue weighted by Gasteiger charge is -2.07. The van der Waals surface area contributed by atoms with Crippen molar-refractivity contribution in [1.82, 2.24) is 19.5 Å². The fourth-order valence-corrected chi connectivity index (χ4v) is 6.13. The molecule has 186 valence electrons. The monoisotopic (exact) mass is 567 g/mol. The number of imidazole rings is 1. The van der Waals surface area contributed by atoms with Gasteiger partial charge in [0.2, 0.25) is 0 Å². The van der Waals surface area contributed by atoms with E-state index in [1.807, 2.05) is 18.5 Å². The molecule has 39 heavy (non-hydrogen) atoms. The van der Waals surface area contributed by atoms with E-state index in [1.54, 1.807) is 0 Å². The lowest BCUT2D eigenvalue weighted by molar-refractivity contribution is 0.969. The van der Waals surface area contributed by atoms with Crippen LogP contribution in [0.25, 0.3) is 65.8 Å². The second kappa shape index (κ2) is 8.41. The molecule has 0 atom stereocenters. The van der Waals surface area contributed by atoms with E-state index in [9.17, 15) is 0 Å². The summed E-state index contributed by atoms with van der Waals surface area (Å²) in [6, 6.07) is 29.6. The third kappa shape index (κ3) is 3.45. The number of aliphatic imine (C=N–C) groups is 1. The van der Waals surface area contributed by atoms with E-state index in [2.05, 4.69) is 123 Å². The summed E-state index contributed by atoms with van der Waals surface area (Å²) in [4.78, 5) is 17.1. The van der Waals surface area contributed by atoms with Gasteiger partial charge in [-0.2, -0.15) is 0 Å². The van der Waals surface area contributed by atoms with Crippen molar-refractivity contribution in [2.24, 2.45) is 12.0 Å². The van der Waals surface area contributed by atoms with Gasteiger partial charge in [-0.3, -0.25) is 4.99 Å². The summed E-state index contributed by atoms with van der Waals surface area (Å²) in [5.41, 5.74) is 7.32. The second-order valence-electron chi connectivity index (χ2n) is 9.95. The van der Waals surface area contributed by atoms with Crippen molar-refractivity contribution in [3.05, 3.63) is 107 Å². The highest BCUT2D eigenvalue weighted by atomic mass is 79.9. The number of hydrogen-bond acceptors (Lipinski definition) is 2. The van der Waals surface area contributed by atoms with Gasteiger partial charge in [-0.25, -0.2) is 4.98 Å². The zero-order chi connectivity index (χ0) is 26.1. The van der Waals surface area contributed by atoms with Crippen LogP contribution < -0.4 is 0 Å². The minimum Gasteiger partial charge on any atom is -0.361 e. The highest BCUT2D eigenvalue weighted by Crippen LogP contribution is 2.38. The Labute approximate surface area is 232 Å². The van der Waals surface area contributed by atoms with Crippen molar-refractivity contribution in [1.29, 1.82) is 0 Å². The predicted octanol–water partition coefficient (Wildman–Crippen LogP) is 9.02. The summed E-state index contributed by atoms with van der Waals surface area (Å²) in [6.07, 6.45) is 6.08.